The van der Waals surface area contributed by atoms with Gasteiger partial charge in [0.05, 0.1) is 0 Å². The van der Waals surface area contributed by atoms with E-state index >= 15 is 0 Å². The van der Waals surface area contributed by atoms with E-state index in [1.807, 2.05) is 0 Å². The third-order valence-corrected chi connectivity index (χ3v) is 6.89. The van der Waals surface area contributed by atoms with Crippen LogP contribution in [0.1, 0.15) is 122 Å². The van der Waals surface area contributed by atoms with Crippen LogP contribution in [0.25, 0.3) is 0 Å². The standard InChI is InChI=1S/C24H42O2/c1-2-3-13-21-14-7-8-15-22(21)19-24(26)17-10-9-16-23(25)18-20-11-5-4-6-12-20/h20-22H,2-19H2,1H3/t21?,22-/m1/s1. The molecule has 0 saturated heterocycles. The Morgan fingerprint density at radius 2 is 1.27 bits per heavy atom. The van der Waals surface area contributed by atoms with Crippen molar-refractivity contribution in [2.24, 2.45) is 17.8 Å². The van der Waals surface area contributed by atoms with Gasteiger partial charge in [-0.05, 0) is 37.0 Å². The molecule has 2 atom stereocenters. The summed E-state index contributed by atoms with van der Waals surface area (Å²) < 4.78 is 0. The lowest BCUT2D eigenvalue weighted by Gasteiger charge is -2.31. The predicted molar refractivity (Wildman–Crippen MR) is 109 cm³/mol. The van der Waals surface area contributed by atoms with E-state index in [9.17, 15) is 9.59 Å². The maximum Gasteiger partial charge on any atom is 0.133 e. The number of hydrogen-bond acceptors (Lipinski definition) is 2. The Labute approximate surface area is 161 Å². The summed E-state index contributed by atoms with van der Waals surface area (Å²) in [5, 5.41) is 0. The van der Waals surface area contributed by atoms with E-state index in [4.69, 9.17) is 0 Å². The number of unbranched alkanes of at least 4 members (excludes halogenated alkanes) is 2. The van der Waals surface area contributed by atoms with Crippen LogP contribution < -0.4 is 0 Å². The SMILES string of the molecule is CCCCC1CCCC[C@@H]1CC(=O)CCCCC(=O)CC1CCCCC1. The average Bonchev–Trinajstić information content (AvgIpc) is 2.65. The van der Waals surface area contributed by atoms with Gasteiger partial charge in [-0.15, -0.1) is 0 Å². The fourth-order valence-corrected chi connectivity index (χ4v) is 5.25. The van der Waals surface area contributed by atoms with Crippen LogP contribution in [0.15, 0.2) is 0 Å². The summed E-state index contributed by atoms with van der Waals surface area (Å²) >= 11 is 0. The molecule has 2 aliphatic carbocycles. The predicted octanol–water partition coefficient (Wildman–Crippen LogP) is 7.04. The smallest absolute Gasteiger partial charge is 0.133 e. The summed E-state index contributed by atoms with van der Waals surface area (Å²) in [6.45, 7) is 2.26. The second-order valence-electron chi connectivity index (χ2n) is 9.14. The molecule has 0 bridgehead atoms. The van der Waals surface area contributed by atoms with Gasteiger partial charge in [0, 0.05) is 25.7 Å². The van der Waals surface area contributed by atoms with Crippen molar-refractivity contribution in [3.05, 3.63) is 0 Å². The molecule has 150 valence electrons. The third-order valence-electron chi connectivity index (χ3n) is 6.89. The number of Topliss-reactive ketones (excluding diaryl/α,β-unsaturated/α-hetero) is 2. The van der Waals surface area contributed by atoms with Gasteiger partial charge >= 0.3 is 0 Å². The molecule has 0 aliphatic heterocycles. The summed E-state index contributed by atoms with van der Waals surface area (Å²) in [5.41, 5.74) is 0. The number of ketones is 2. The molecule has 2 heteroatoms. The normalized spacial score (nSPS) is 24.5. The van der Waals surface area contributed by atoms with Crippen LogP contribution in [-0.4, -0.2) is 11.6 Å². The molecule has 0 aromatic rings. The Kier molecular flexibility index (Phi) is 10.6. The van der Waals surface area contributed by atoms with Gasteiger partial charge < -0.3 is 0 Å². The lowest BCUT2D eigenvalue weighted by Crippen LogP contribution is -2.22. The van der Waals surface area contributed by atoms with E-state index in [0.717, 1.165) is 31.6 Å². The van der Waals surface area contributed by atoms with Crippen LogP contribution in [0.5, 0.6) is 0 Å². The summed E-state index contributed by atoms with van der Waals surface area (Å²) in [6, 6.07) is 0. The van der Waals surface area contributed by atoms with Gasteiger partial charge in [-0.3, -0.25) is 9.59 Å². The summed E-state index contributed by atoms with van der Waals surface area (Å²) in [7, 11) is 0. The Morgan fingerprint density at radius 1 is 0.692 bits per heavy atom. The van der Waals surface area contributed by atoms with Crippen LogP contribution in [0.2, 0.25) is 0 Å². The monoisotopic (exact) mass is 362 g/mol. The molecular formula is C24H42O2. The van der Waals surface area contributed by atoms with Crippen molar-refractivity contribution in [3.8, 4) is 0 Å². The first-order chi connectivity index (χ1) is 12.7. The molecule has 2 fully saturated rings. The maximum absolute atomic E-state index is 12.4. The van der Waals surface area contributed by atoms with Crippen LogP contribution in [0, 0.1) is 17.8 Å². The van der Waals surface area contributed by atoms with Crippen molar-refractivity contribution < 1.29 is 9.59 Å². The highest BCUT2D eigenvalue weighted by Crippen LogP contribution is 2.36. The molecule has 0 amide bonds. The van der Waals surface area contributed by atoms with Gasteiger partial charge in [-0.25, -0.2) is 0 Å². The highest BCUT2D eigenvalue weighted by molar-refractivity contribution is 5.79. The quantitative estimate of drug-likeness (QED) is 0.349. The van der Waals surface area contributed by atoms with Crippen molar-refractivity contribution >= 4 is 11.6 Å². The minimum Gasteiger partial charge on any atom is -0.300 e. The van der Waals surface area contributed by atoms with Crippen molar-refractivity contribution in [2.75, 3.05) is 0 Å². The highest BCUT2D eigenvalue weighted by Gasteiger charge is 2.26. The van der Waals surface area contributed by atoms with Crippen molar-refractivity contribution in [2.45, 2.75) is 122 Å². The van der Waals surface area contributed by atoms with E-state index in [1.54, 1.807) is 0 Å². The summed E-state index contributed by atoms with van der Waals surface area (Å²) in [6.07, 6.45) is 20.5. The van der Waals surface area contributed by atoms with Gasteiger partial charge in [0.15, 0.2) is 0 Å². The first-order valence-electron chi connectivity index (χ1n) is 11.7. The van der Waals surface area contributed by atoms with Gasteiger partial charge in [0.2, 0.25) is 0 Å². The average molecular weight is 363 g/mol. The van der Waals surface area contributed by atoms with E-state index in [0.29, 0.717) is 36.2 Å². The second-order valence-corrected chi connectivity index (χ2v) is 9.14. The molecule has 2 aliphatic rings. The van der Waals surface area contributed by atoms with Gasteiger partial charge in [0.1, 0.15) is 11.6 Å². The Bertz CT molecular complexity index is 408. The van der Waals surface area contributed by atoms with Crippen LogP contribution in [0.3, 0.4) is 0 Å². The molecule has 0 spiro atoms. The molecular weight excluding hydrogens is 320 g/mol. The molecule has 0 aromatic heterocycles. The van der Waals surface area contributed by atoms with Gasteiger partial charge in [-0.2, -0.15) is 0 Å². The second kappa shape index (κ2) is 12.7. The maximum atomic E-state index is 12.4. The van der Waals surface area contributed by atoms with Gasteiger partial charge in [-0.1, -0.05) is 77.6 Å². The first kappa shape index (κ1) is 21.6. The van der Waals surface area contributed by atoms with Crippen LogP contribution in [-0.2, 0) is 9.59 Å². The Hall–Kier alpha value is -0.660. The van der Waals surface area contributed by atoms with Crippen molar-refractivity contribution in [1.82, 2.24) is 0 Å². The Morgan fingerprint density at radius 3 is 1.92 bits per heavy atom. The molecule has 0 aromatic carbocycles. The minimum absolute atomic E-state index is 0.441. The topological polar surface area (TPSA) is 34.1 Å². The molecule has 26 heavy (non-hydrogen) atoms. The molecule has 0 radical (unpaired) electrons. The van der Waals surface area contributed by atoms with E-state index < -0.39 is 0 Å². The van der Waals surface area contributed by atoms with E-state index in [1.165, 1.54) is 77.0 Å². The van der Waals surface area contributed by atoms with Gasteiger partial charge in [0.25, 0.3) is 0 Å². The highest BCUT2D eigenvalue weighted by atomic mass is 16.1. The minimum atomic E-state index is 0.441. The zero-order valence-corrected chi connectivity index (χ0v) is 17.3. The molecule has 1 unspecified atom stereocenters. The number of carbonyl (C=O) groups is 2. The Balaban J connectivity index is 1.56. The number of hydrogen-bond donors (Lipinski definition) is 0. The molecule has 2 nitrogen and oxygen atoms in total. The van der Waals surface area contributed by atoms with E-state index in [-0.39, 0.29) is 0 Å². The molecule has 2 rings (SSSR count). The molecule has 2 saturated carbocycles. The fourth-order valence-electron chi connectivity index (χ4n) is 5.25. The molecule has 0 N–H and O–H groups in total. The van der Waals surface area contributed by atoms with Crippen molar-refractivity contribution in [1.29, 1.82) is 0 Å². The lowest BCUT2D eigenvalue weighted by atomic mass is 9.74. The summed E-state index contributed by atoms with van der Waals surface area (Å²) in [4.78, 5) is 24.5. The van der Waals surface area contributed by atoms with Crippen LogP contribution >= 0.6 is 0 Å². The number of rotatable bonds is 12. The van der Waals surface area contributed by atoms with E-state index in [2.05, 4.69) is 6.92 Å². The third kappa shape index (κ3) is 8.35. The zero-order chi connectivity index (χ0) is 18.6. The first-order valence-corrected chi connectivity index (χ1v) is 11.7. The lowest BCUT2D eigenvalue weighted by molar-refractivity contribution is -0.122. The zero-order valence-electron chi connectivity index (χ0n) is 17.3. The van der Waals surface area contributed by atoms with Crippen molar-refractivity contribution in [3.63, 3.8) is 0 Å². The fraction of sp³-hybridized carbons (Fsp3) is 0.917. The molecule has 0 heterocycles. The number of carbonyl (C=O) groups excluding carboxylic acids is 2. The van der Waals surface area contributed by atoms with Crippen LogP contribution in [0.4, 0.5) is 0 Å². The summed E-state index contributed by atoms with van der Waals surface area (Å²) in [5.74, 6) is 3.00. The largest absolute Gasteiger partial charge is 0.300 e.